The molecule has 0 aromatic carbocycles. The molecule has 0 bridgehead atoms. The van der Waals surface area contributed by atoms with Crippen LogP contribution in [0.25, 0.3) is 0 Å². The predicted molar refractivity (Wildman–Crippen MR) is 80.7 cm³/mol. The molecular formula is C13H16N2O3S2. The lowest BCUT2D eigenvalue weighted by molar-refractivity contribution is -0.163. The second kappa shape index (κ2) is 4.07. The summed E-state index contributed by atoms with van der Waals surface area (Å²) in [6.45, 7) is 1.33. The van der Waals surface area contributed by atoms with Gasteiger partial charge in [0.2, 0.25) is 0 Å². The number of nitrogens with zero attached hydrogens (tertiary/aromatic N) is 1. The summed E-state index contributed by atoms with van der Waals surface area (Å²) in [7, 11) is -2.46. The fraction of sp³-hybridized carbons (Fsp3) is 0.538. The van der Waals surface area contributed by atoms with Crippen LogP contribution in [0.4, 0.5) is 0 Å². The Labute approximate surface area is 121 Å². The van der Waals surface area contributed by atoms with Crippen molar-refractivity contribution in [2.75, 3.05) is 13.2 Å². The number of ether oxygens (including phenoxy) is 2. The number of fused-ring (bicyclic) bond motifs is 3. The molecular weight excluding hydrogens is 296 g/mol. The molecule has 1 saturated heterocycles. The van der Waals surface area contributed by atoms with Crippen molar-refractivity contribution in [3.8, 4) is 0 Å². The minimum absolute atomic E-state index is 0.382. The molecule has 2 N–H and O–H groups in total. The highest BCUT2D eigenvalue weighted by molar-refractivity contribution is 7.98. The first-order valence-electron chi connectivity index (χ1n) is 6.60. The highest BCUT2D eigenvalue weighted by atomic mass is 32.2. The highest BCUT2D eigenvalue weighted by Gasteiger charge is 2.42. The lowest BCUT2D eigenvalue weighted by atomic mass is 9.90. The molecule has 0 radical (unpaired) electrons. The third-order valence-electron chi connectivity index (χ3n) is 4.04. The third-order valence-corrected chi connectivity index (χ3v) is 6.72. The fourth-order valence-corrected chi connectivity index (χ4v) is 6.33. The van der Waals surface area contributed by atoms with E-state index in [1.165, 1.54) is 10.4 Å². The summed E-state index contributed by atoms with van der Waals surface area (Å²) in [4.78, 5) is 2.29. The molecule has 2 aliphatic heterocycles. The normalized spacial score (nSPS) is 30.9. The van der Waals surface area contributed by atoms with Crippen LogP contribution in [0.5, 0.6) is 0 Å². The van der Waals surface area contributed by atoms with Crippen molar-refractivity contribution >= 4 is 32.8 Å². The van der Waals surface area contributed by atoms with Crippen LogP contribution in [0.15, 0.2) is 4.40 Å². The van der Waals surface area contributed by atoms with Gasteiger partial charge in [0.1, 0.15) is 5.84 Å². The van der Waals surface area contributed by atoms with Gasteiger partial charge in [-0.2, -0.15) is 4.40 Å². The van der Waals surface area contributed by atoms with Crippen molar-refractivity contribution in [1.29, 1.82) is 0 Å². The maximum Gasteiger partial charge on any atom is 0.173 e. The minimum atomic E-state index is -2.46. The molecule has 1 fully saturated rings. The van der Waals surface area contributed by atoms with Crippen LogP contribution in [0.2, 0.25) is 0 Å². The Morgan fingerprint density at radius 1 is 1.35 bits per heavy atom. The average Bonchev–Trinajstić information content (AvgIpc) is 2.91. The first kappa shape index (κ1) is 12.8. The van der Waals surface area contributed by atoms with Crippen molar-refractivity contribution in [3.63, 3.8) is 0 Å². The van der Waals surface area contributed by atoms with Gasteiger partial charge in [-0.15, -0.1) is 11.3 Å². The van der Waals surface area contributed by atoms with E-state index in [4.69, 9.17) is 15.2 Å². The summed E-state index contributed by atoms with van der Waals surface area (Å²) in [5.41, 5.74) is 8.25. The molecule has 5 nitrogen and oxygen atoms in total. The average molecular weight is 312 g/mol. The molecule has 1 spiro atoms. The van der Waals surface area contributed by atoms with E-state index < -0.39 is 15.5 Å². The van der Waals surface area contributed by atoms with Crippen molar-refractivity contribution < 1.29 is 13.7 Å². The van der Waals surface area contributed by atoms with Crippen LogP contribution >= 0.6 is 11.3 Å². The Bertz CT molecular complexity index is 712. The van der Waals surface area contributed by atoms with E-state index in [1.54, 1.807) is 11.3 Å². The van der Waals surface area contributed by atoms with Crippen LogP contribution in [0, 0.1) is 0 Å². The second-order valence-corrected chi connectivity index (χ2v) is 8.69. The molecule has 1 aromatic rings. The quantitative estimate of drug-likeness (QED) is 0.720. The molecule has 4 rings (SSSR count). The zero-order valence-electron chi connectivity index (χ0n) is 11.0. The summed E-state index contributed by atoms with van der Waals surface area (Å²) in [5.74, 6) is 4.01. The van der Waals surface area contributed by atoms with Gasteiger partial charge in [-0.25, -0.2) is 4.21 Å². The lowest BCUT2D eigenvalue weighted by Crippen LogP contribution is -2.37. The van der Waals surface area contributed by atoms with Gasteiger partial charge in [0.15, 0.2) is 5.79 Å². The monoisotopic (exact) mass is 312 g/mol. The van der Waals surface area contributed by atoms with Crippen molar-refractivity contribution in [2.45, 2.75) is 30.8 Å². The van der Waals surface area contributed by atoms with Gasteiger partial charge in [-0.05, 0) is 17.9 Å². The summed E-state index contributed by atoms with van der Waals surface area (Å²) in [6, 6.07) is 0. The fourth-order valence-electron chi connectivity index (χ4n) is 3.23. The van der Waals surface area contributed by atoms with Gasteiger partial charge in [0.05, 0.1) is 28.7 Å². The molecule has 1 aliphatic carbocycles. The number of nitrogens with two attached hydrogens (primary N) is 1. The Balaban J connectivity index is 1.79. The summed E-state index contributed by atoms with van der Waals surface area (Å²) < 4.78 is 27.8. The molecule has 108 valence electrons. The second-order valence-electron chi connectivity index (χ2n) is 5.48. The Morgan fingerprint density at radius 2 is 2.10 bits per heavy atom. The number of hydrogen-bond donors (Lipinski definition) is 1. The number of hydrogen-bond acceptors (Lipinski definition) is 5. The highest BCUT2D eigenvalue weighted by Crippen LogP contribution is 2.43. The largest absolute Gasteiger partial charge is 0.383 e. The van der Waals surface area contributed by atoms with Gasteiger partial charge in [-0.1, -0.05) is 0 Å². The maximum absolute atomic E-state index is 12.1. The van der Waals surface area contributed by atoms with E-state index >= 15 is 0 Å². The molecule has 1 unspecified atom stereocenters. The number of rotatable bonds is 0. The first-order chi connectivity index (χ1) is 9.48. The Hall–Kier alpha value is -0.890. The third kappa shape index (κ3) is 1.84. The minimum Gasteiger partial charge on any atom is -0.383 e. The van der Waals surface area contributed by atoms with Gasteiger partial charge < -0.3 is 15.2 Å². The Kier molecular flexibility index (Phi) is 2.61. The van der Waals surface area contributed by atoms with E-state index in [0.717, 1.165) is 29.7 Å². The molecule has 20 heavy (non-hydrogen) atoms. The number of thiophene rings is 1. The van der Waals surface area contributed by atoms with Crippen molar-refractivity contribution in [2.24, 2.45) is 10.1 Å². The summed E-state index contributed by atoms with van der Waals surface area (Å²) in [6.07, 6.45) is 2.47. The first-order valence-corrected chi connectivity index (χ1v) is 9.27. The zero-order valence-corrected chi connectivity index (χ0v) is 12.6. The molecule has 3 heterocycles. The van der Waals surface area contributed by atoms with Crippen LogP contribution in [0.1, 0.15) is 27.3 Å². The van der Waals surface area contributed by atoms with Crippen LogP contribution in [0.3, 0.4) is 0 Å². The predicted octanol–water partition coefficient (Wildman–Crippen LogP) is 0.830. The van der Waals surface area contributed by atoms with Gasteiger partial charge in [0, 0.05) is 28.2 Å². The molecule has 3 aliphatic rings. The van der Waals surface area contributed by atoms with E-state index in [0.29, 0.717) is 24.8 Å². The SMILES string of the molecule is C=S1(=O)Cc2sc3c(c2C(N)=N1)CCC1(C3)OCCO1. The van der Waals surface area contributed by atoms with Gasteiger partial charge >= 0.3 is 0 Å². The van der Waals surface area contributed by atoms with E-state index in [1.807, 2.05) is 0 Å². The molecule has 1 aromatic heterocycles. The Morgan fingerprint density at radius 3 is 2.85 bits per heavy atom. The zero-order chi connectivity index (χ0) is 14.0. The van der Waals surface area contributed by atoms with Crippen molar-refractivity contribution in [1.82, 2.24) is 0 Å². The number of amidine groups is 1. The molecule has 1 atom stereocenters. The topological polar surface area (TPSA) is 73.9 Å². The summed E-state index contributed by atoms with van der Waals surface area (Å²) >= 11 is 1.66. The smallest absolute Gasteiger partial charge is 0.173 e. The summed E-state index contributed by atoms with van der Waals surface area (Å²) in [5, 5.41) is 0. The maximum atomic E-state index is 12.1. The lowest BCUT2D eigenvalue weighted by Gasteiger charge is -2.31. The van der Waals surface area contributed by atoms with Gasteiger partial charge in [-0.3, -0.25) is 0 Å². The van der Waals surface area contributed by atoms with Crippen LogP contribution in [-0.2, 0) is 37.8 Å². The van der Waals surface area contributed by atoms with E-state index in [2.05, 4.69) is 10.3 Å². The standard InChI is InChI=1S/C13H16N2O3S2/c1-20(16)7-10-11(12(14)15-20)8-2-3-13(6-9(8)19-10)17-4-5-18-13/h1-7H2,(H2,14,15,16). The van der Waals surface area contributed by atoms with E-state index in [9.17, 15) is 4.21 Å². The van der Waals surface area contributed by atoms with Gasteiger partial charge in [0.25, 0.3) is 0 Å². The van der Waals surface area contributed by atoms with Crippen LogP contribution in [-0.4, -0.2) is 34.9 Å². The molecule has 7 heteroatoms. The molecule has 0 amide bonds. The molecule has 0 saturated carbocycles. The van der Waals surface area contributed by atoms with Crippen molar-refractivity contribution in [3.05, 3.63) is 20.9 Å². The van der Waals surface area contributed by atoms with E-state index in [-0.39, 0.29) is 0 Å². The van der Waals surface area contributed by atoms with Crippen LogP contribution < -0.4 is 5.73 Å².